The van der Waals surface area contributed by atoms with Crippen LogP contribution in [0.1, 0.15) is 38.8 Å². The number of nitrogens with zero attached hydrogens (tertiary/aromatic N) is 1. The third-order valence-corrected chi connectivity index (χ3v) is 4.45. The van der Waals surface area contributed by atoms with Crippen LogP contribution in [0.2, 0.25) is 0 Å². The zero-order chi connectivity index (χ0) is 15.1. The third-order valence-electron chi connectivity index (χ3n) is 3.67. The van der Waals surface area contributed by atoms with Crippen molar-refractivity contribution in [3.8, 4) is 0 Å². The van der Waals surface area contributed by atoms with Crippen LogP contribution in [0.25, 0.3) is 6.08 Å². The first-order valence-corrected chi connectivity index (χ1v) is 8.32. The first-order valence-electron chi connectivity index (χ1n) is 7.44. The van der Waals surface area contributed by atoms with Gasteiger partial charge in [-0.05, 0) is 51.8 Å². The van der Waals surface area contributed by atoms with E-state index in [1.54, 1.807) is 0 Å². The Labute approximate surface area is 130 Å². The maximum Gasteiger partial charge on any atom is 0.226 e. The number of allylic oxidation sites excluding steroid dienone is 3. The molecule has 0 aromatic carbocycles. The number of carbonyl (C=O) groups excluding carboxylic acids is 1. The standard InChI is InChI=1S/C16H23N3OS/c1-3-12(2)4-5-14-11-21-16(18-14)19-15(20)10-13-6-8-17-9-7-13/h3-5,11,13,17H,6-10H2,1-2H3,(H,18,19,20)/b5-4-,12-3-. The largest absolute Gasteiger partial charge is 0.317 e. The highest BCUT2D eigenvalue weighted by atomic mass is 32.1. The zero-order valence-electron chi connectivity index (χ0n) is 12.7. The van der Waals surface area contributed by atoms with Gasteiger partial charge in [-0.2, -0.15) is 0 Å². The average Bonchev–Trinajstić information content (AvgIpc) is 2.93. The van der Waals surface area contributed by atoms with E-state index in [4.69, 9.17) is 0 Å². The molecule has 114 valence electrons. The molecule has 1 fully saturated rings. The Bertz CT molecular complexity index is 527. The number of hydrogen-bond acceptors (Lipinski definition) is 4. The lowest BCUT2D eigenvalue weighted by molar-refractivity contribution is -0.117. The van der Waals surface area contributed by atoms with Crippen molar-refractivity contribution in [3.05, 3.63) is 28.8 Å². The summed E-state index contributed by atoms with van der Waals surface area (Å²) in [6.07, 6.45) is 8.81. The molecule has 0 bridgehead atoms. The summed E-state index contributed by atoms with van der Waals surface area (Å²) < 4.78 is 0. The Morgan fingerprint density at radius 2 is 2.29 bits per heavy atom. The second-order valence-electron chi connectivity index (χ2n) is 5.39. The minimum absolute atomic E-state index is 0.0800. The molecule has 1 aliphatic heterocycles. The molecule has 0 atom stereocenters. The number of amides is 1. The molecule has 2 rings (SSSR count). The van der Waals surface area contributed by atoms with E-state index in [-0.39, 0.29) is 5.91 Å². The molecule has 2 N–H and O–H groups in total. The van der Waals surface area contributed by atoms with Gasteiger partial charge in [0.2, 0.25) is 5.91 Å². The van der Waals surface area contributed by atoms with E-state index in [1.807, 2.05) is 37.5 Å². The van der Waals surface area contributed by atoms with E-state index in [1.165, 1.54) is 16.9 Å². The molecule has 1 amide bonds. The van der Waals surface area contributed by atoms with Crippen LogP contribution in [0.3, 0.4) is 0 Å². The Morgan fingerprint density at radius 3 is 3.00 bits per heavy atom. The summed E-state index contributed by atoms with van der Waals surface area (Å²) in [7, 11) is 0. The van der Waals surface area contributed by atoms with Gasteiger partial charge in [0.25, 0.3) is 0 Å². The van der Waals surface area contributed by atoms with E-state index in [9.17, 15) is 4.79 Å². The smallest absolute Gasteiger partial charge is 0.226 e. The molecule has 1 saturated heterocycles. The fourth-order valence-corrected chi connectivity index (χ4v) is 2.95. The Kier molecular flexibility index (Phi) is 6.14. The first kappa shape index (κ1) is 15.9. The van der Waals surface area contributed by atoms with Crippen LogP contribution in [-0.4, -0.2) is 24.0 Å². The Morgan fingerprint density at radius 1 is 1.52 bits per heavy atom. The fraction of sp³-hybridized carbons (Fsp3) is 0.500. The minimum atomic E-state index is 0.0800. The number of rotatable bonds is 5. The van der Waals surface area contributed by atoms with Crippen LogP contribution in [0.4, 0.5) is 5.13 Å². The number of anilines is 1. The molecule has 0 spiro atoms. The van der Waals surface area contributed by atoms with Gasteiger partial charge >= 0.3 is 0 Å². The predicted molar refractivity (Wildman–Crippen MR) is 89.4 cm³/mol. The fourth-order valence-electron chi connectivity index (χ4n) is 2.25. The van der Waals surface area contributed by atoms with Crippen molar-refractivity contribution in [2.24, 2.45) is 5.92 Å². The van der Waals surface area contributed by atoms with Crippen LogP contribution in [0, 0.1) is 5.92 Å². The number of carbonyl (C=O) groups is 1. The third kappa shape index (κ3) is 5.44. The zero-order valence-corrected chi connectivity index (χ0v) is 13.5. The van der Waals surface area contributed by atoms with Gasteiger partial charge in [0, 0.05) is 11.8 Å². The van der Waals surface area contributed by atoms with Gasteiger partial charge < -0.3 is 10.6 Å². The maximum atomic E-state index is 12.0. The van der Waals surface area contributed by atoms with Gasteiger partial charge in [-0.15, -0.1) is 11.3 Å². The number of aromatic nitrogens is 1. The molecular weight excluding hydrogens is 282 g/mol. The summed E-state index contributed by atoms with van der Waals surface area (Å²) in [5, 5.41) is 8.87. The van der Waals surface area contributed by atoms with Gasteiger partial charge in [-0.25, -0.2) is 4.98 Å². The second-order valence-corrected chi connectivity index (χ2v) is 6.25. The molecule has 5 heteroatoms. The monoisotopic (exact) mass is 305 g/mol. The summed E-state index contributed by atoms with van der Waals surface area (Å²) in [5.74, 6) is 0.583. The molecule has 0 radical (unpaired) electrons. The summed E-state index contributed by atoms with van der Waals surface area (Å²) in [6, 6.07) is 0. The molecule has 2 heterocycles. The molecule has 1 aliphatic rings. The number of thiazole rings is 1. The summed E-state index contributed by atoms with van der Waals surface area (Å²) in [6.45, 7) is 6.10. The van der Waals surface area contributed by atoms with Gasteiger partial charge in [-0.1, -0.05) is 17.7 Å². The maximum absolute atomic E-state index is 12.0. The lowest BCUT2D eigenvalue weighted by atomic mass is 9.94. The highest BCUT2D eigenvalue weighted by Gasteiger charge is 2.17. The van der Waals surface area contributed by atoms with E-state index >= 15 is 0 Å². The van der Waals surface area contributed by atoms with Crippen LogP contribution in [0.5, 0.6) is 0 Å². The SMILES string of the molecule is C/C=C(C)\C=C/c1csc(NC(=O)CC2CCNCC2)n1. The van der Waals surface area contributed by atoms with E-state index < -0.39 is 0 Å². The normalized spacial score (nSPS) is 17.3. The van der Waals surface area contributed by atoms with Crippen molar-refractivity contribution in [1.29, 1.82) is 0 Å². The van der Waals surface area contributed by atoms with Crippen LogP contribution >= 0.6 is 11.3 Å². The Hall–Kier alpha value is -1.46. The van der Waals surface area contributed by atoms with Gasteiger partial charge in [0.15, 0.2) is 5.13 Å². The molecule has 0 saturated carbocycles. The van der Waals surface area contributed by atoms with Crippen molar-refractivity contribution < 1.29 is 4.79 Å². The quantitative estimate of drug-likeness (QED) is 0.819. The second kappa shape index (κ2) is 8.10. The molecule has 1 aromatic rings. The van der Waals surface area contributed by atoms with Crippen molar-refractivity contribution in [3.63, 3.8) is 0 Å². The van der Waals surface area contributed by atoms with Gasteiger partial charge in [0.1, 0.15) is 0 Å². The molecule has 1 aromatic heterocycles. The van der Waals surface area contributed by atoms with Crippen molar-refractivity contribution in [2.75, 3.05) is 18.4 Å². The van der Waals surface area contributed by atoms with Crippen LogP contribution in [0.15, 0.2) is 23.1 Å². The van der Waals surface area contributed by atoms with E-state index in [0.29, 0.717) is 17.5 Å². The highest BCUT2D eigenvalue weighted by Crippen LogP contribution is 2.20. The minimum Gasteiger partial charge on any atom is -0.317 e. The molecule has 21 heavy (non-hydrogen) atoms. The number of hydrogen-bond donors (Lipinski definition) is 2. The van der Waals surface area contributed by atoms with Crippen molar-refractivity contribution in [2.45, 2.75) is 33.1 Å². The van der Waals surface area contributed by atoms with Crippen molar-refractivity contribution in [1.82, 2.24) is 10.3 Å². The molecular formula is C16H23N3OS. The van der Waals surface area contributed by atoms with E-state index in [2.05, 4.69) is 15.6 Å². The summed E-state index contributed by atoms with van der Waals surface area (Å²) in [5.41, 5.74) is 2.08. The van der Waals surface area contributed by atoms with Crippen LogP contribution in [-0.2, 0) is 4.79 Å². The first-order chi connectivity index (χ1) is 10.2. The number of nitrogens with one attached hydrogen (secondary N) is 2. The molecule has 0 unspecified atom stereocenters. The summed E-state index contributed by atoms with van der Waals surface area (Å²) in [4.78, 5) is 16.4. The Balaban J connectivity index is 1.84. The molecule has 4 nitrogen and oxygen atoms in total. The van der Waals surface area contributed by atoms with Crippen LogP contribution < -0.4 is 10.6 Å². The topological polar surface area (TPSA) is 54.0 Å². The lowest BCUT2D eigenvalue weighted by Crippen LogP contribution is -2.30. The lowest BCUT2D eigenvalue weighted by Gasteiger charge is -2.21. The number of piperidine rings is 1. The van der Waals surface area contributed by atoms with Crippen molar-refractivity contribution >= 4 is 28.5 Å². The van der Waals surface area contributed by atoms with Gasteiger partial charge in [-0.3, -0.25) is 4.79 Å². The summed E-state index contributed by atoms with van der Waals surface area (Å²) >= 11 is 1.47. The van der Waals surface area contributed by atoms with E-state index in [0.717, 1.165) is 31.6 Å². The highest BCUT2D eigenvalue weighted by molar-refractivity contribution is 7.14. The molecule has 0 aliphatic carbocycles. The van der Waals surface area contributed by atoms with Gasteiger partial charge in [0.05, 0.1) is 5.69 Å². The predicted octanol–water partition coefficient (Wildman–Crippen LogP) is 3.45. The average molecular weight is 305 g/mol.